The molecule has 8 nitrogen and oxygen atoms in total. The van der Waals surface area contributed by atoms with Gasteiger partial charge in [-0.1, -0.05) is 43.5 Å². The van der Waals surface area contributed by atoms with Gasteiger partial charge in [0, 0.05) is 44.1 Å². The van der Waals surface area contributed by atoms with Crippen LogP contribution in [-0.2, 0) is 16.1 Å². The van der Waals surface area contributed by atoms with E-state index in [1.807, 2.05) is 28.0 Å². The van der Waals surface area contributed by atoms with Crippen LogP contribution in [0, 0.1) is 12.8 Å². The summed E-state index contributed by atoms with van der Waals surface area (Å²) in [5.74, 6) is 0.938. The molecule has 3 aliphatic heterocycles. The first-order valence-corrected chi connectivity index (χ1v) is 15.3. The monoisotopic (exact) mass is 545 g/mol. The number of amides is 3. The van der Waals surface area contributed by atoms with Crippen molar-refractivity contribution in [3.8, 4) is 0 Å². The van der Waals surface area contributed by atoms with Gasteiger partial charge in [0.1, 0.15) is 5.82 Å². The van der Waals surface area contributed by atoms with E-state index in [0.29, 0.717) is 25.8 Å². The molecule has 1 aliphatic carbocycles. The molecular formula is C32H43N5O3. The number of anilines is 2. The van der Waals surface area contributed by atoms with Gasteiger partial charge in [-0.25, -0.2) is 9.78 Å². The molecule has 2 N–H and O–H groups in total. The lowest BCUT2D eigenvalue weighted by Crippen LogP contribution is -2.50. The van der Waals surface area contributed by atoms with E-state index in [-0.39, 0.29) is 29.8 Å². The molecule has 0 bridgehead atoms. The number of ether oxygens (including phenoxy) is 1. The normalized spacial score (nSPS) is 23.1. The standard InChI is InChI=1S/C32H43N5O3/c1-22-7-5-6-10-27(22)37-21-24-11-12-28(35-30(24)29(31(37)38)23-15-19-40-20-16-23)33-26-13-17-36(18-14-26)32(39)34-25-8-3-2-4-9-25/h5-7,10-12,23,25-26,29H,2-4,8-9,13-21H2,1H3,(H,33,35)(H,34,39). The molecule has 3 fully saturated rings. The van der Waals surface area contributed by atoms with Crippen LogP contribution in [0.1, 0.15) is 80.5 Å². The Morgan fingerprint density at radius 1 is 0.925 bits per heavy atom. The number of nitrogens with zero attached hydrogens (tertiary/aromatic N) is 3. The number of carbonyl (C=O) groups is 2. The molecule has 1 atom stereocenters. The number of aryl methyl sites for hydroxylation is 1. The van der Waals surface area contributed by atoms with E-state index < -0.39 is 0 Å². The first-order chi connectivity index (χ1) is 19.6. The average molecular weight is 546 g/mol. The molecule has 2 aromatic rings. The predicted octanol–water partition coefficient (Wildman–Crippen LogP) is 5.37. The zero-order chi connectivity index (χ0) is 27.5. The maximum absolute atomic E-state index is 14.1. The van der Waals surface area contributed by atoms with Crippen LogP contribution in [0.25, 0.3) is 0 Å². The molecular weight excluding hydrogens is 502 g/mol. The molecule has 1 saturated carbocycles. The summed E-state index contributed by atoms with van der Waals surface area (Å²) >= 11 is 0. The van der Waals surface area contributed by atoms with Crippen molar-refractivity contribution in [3.05, 3.63) is 53.2 Å². The number of hydrogen-bond acceptors (Lipinski definition) is 5. The van der Waals surface area contributed by atoms with E-state index in [2.05, 4.69) is 35.8 Å². The van der Waals surface area contributed by atoms with Gasteiger partial charge in [-0.2, -0.15) is 0 Å². The molecule has 2 saturated heterocycles. The van der Waals surface area contributed by atoms with Crippen LogP contribution < -0.4 is 15.5 Å². The van der Waals surface area contributed by atoms with E-state index in [1.54, 1.807) is 0 Å². The second-order valence-electron chi connectivity index (χ2n) is 12.1. The summed E-state index contributed by atoms with van der Waals surface area (Å²) in [6.07, 6.45) is 9.46. The number of hydrogen-bond donors (Lipinski definition) is 2. The number of carbonyl (C=O) groups excluding carboxylic acids is 2. The number of likely N-dealkylation sites (tertiary alicyclic amines) is 1. The lowest BCUT2D eigenvalue weighted by Gasteiger charge is -2.39. The van der Waals surface area contributed by atoms with Gasteiger partial charge in [0.15, 0.2) is 0 Å². The molecule has 6 rings (SSSR count). The van der Waals surface area contributed by atoms with E-state index in [0.717, 1.165) is 79.9 Å². The molecule has 0 radical (unpaired) electrons. The molecule has 1 unspecified atom stereocenters. The molecule has 1 aromatic heterocycles. The summed E-state index contributed by atoms with van der Waals surface area (Å²) in [7, 11) is 0. The fraction of sp³-hybridized carbons (Fsp3) is 0.594. The number of nitrogens with one attached hydrogen (secondary N) is 2. The Hall–Kier alpha value is -3.13. The number of piperidine rings is 1. The number of benzene rings is 1. The summed E-state index contributed by atoms with van der Waals surface area (Å²) in [6.45, 7) is 5.49. The second kappa shape index (κ2) is 12.2. The van der Waals surface area contributed by atoms with Crippen molar-refractivity contribution in [2.24, 2.45) is 5.92 Å². The molecule has 3 amide bonds. The minimum absolute atomic E-state index is 0.0910. The van der Waals surface area contributed by atoms with Crippen molar-refractivity contribution in [1.29, 1.82) is 0 Å². The van der Waals surface area contributed by atoms with Gasteiger partial charge in [-0.05, 0) is 74.6 Å². The smallest absolute Gasteiger partial charge is 0.317 e. The SMILES string of the molecule is Cc1ccccc1N1Cc2ccc(NC3CCN(C(=O)NC4CCCCC4)CC3)nc2C(C2CCOCC2)C1=O. The van der Waals surface area contributed by atoms with Crippen LogP contribution >= 0.6 is 0 Å². The highest BCUT2D eigenvalue weighted by Crippen LogP contribution is 2.41. The molecule has 4 aliphatic rings. The van der Waals surface area contributed by atoms with Crippen molar-refractivity contribution in [3.63, 3.8) is 0 Å². The Morgan fingerprint density at radius 2 is 1.68 bits per heavy atom. The fourth-order valence-electron chi connectivity index (χ4n) is 7.01. The Balaban J connectivity index is 1.15. The number of rotatable bonds is 5. The fourth-order valence-corrected chi connectivity index (χ4v) is 7.01. The third-order valence-electron chi connectivity index (χ3n) is 9.38. The highest BCUT2D eigenvalue weighted by molar-refractivity contribution is 6.00. The molecule has 4 heterocycles. The summed E-state index contributed by atoms with van der Waals surface area (Å²) in [6, 6.07) is 13.0. The minimum Gasteiger partial charge on any atom is -0.381 e. The van der Waals surface area contributed by atoms with Crippen molar-refractivity contribution in [1.82, 2.24) is 15.2 Å². The lowest BCUT2D eigenvalue weighted by molar-refractivity contribution is -0.122. The van der Waals surface area contributed by atoms with Gasteiger partial charge < -0.3 is 25.2 Å². The third kappa shape index (κ3) is 5.82. The van der Waals surface area contributed by atoms with Crippen LogP contribution in [0.15, 0.2) is 36.4 Å². The number of aromatic nitrogens is 1. The number of pyridine rings is 1. The van der Waals surface area contributed by atoms with Crippen LogP contribution in [0.2, 0.25) is 0 Å². The van der Waals surface area contributed by atoms with Crippen molar-refractivity contribution < 1.29 is 14.3 Å². The Labute approximate surface area is 237 Å². The van der Waals surface area contributed by atoms with Crippen LogP contribution in [0.3, 0.4) is 0 Å². The molecule has 0 spiro atoms. The van der Waals surface area contributed by atoms with E-state index >= 15 is 0 Å². The van der Waals surface area contributed by atoms with Gasteiger partial charge in [0.25, 0.3) is 0 Å². The van der Waals surface area contributed by atoms with E-state index in [1.165, 1.54) is 19.3 Å². The van der Waals surface area contributed by atoms with Crippen molar-refractivity contribution in [2.45, 2.75) is 89.3 Å². The Morgan fingerprint density at radius 3 is 2.42 bits per heavy atom. The molecule has 8 heteroatoms. The number of fused-ring (bicyclic) bond motifs is 1. The number of urea groups is 1. The highest BCUT2D eigenvalue weighted by Gasteiger charge is 2.41. The third-order valence-corrected chi connectivity index (χ3v) is 9.38. The van der Waals surface area contributed by atoms with Gasteiger partial charge in [0.05, 0.1) is 18.2 Å². The van der Waals surface area contributed by atoms with Gasteiger partial charge in [0.2, 0.25) is 5.91 Å². The summed E-state index contributed by atoms with van der Waals surface area (Å²) in [4.78, 5) is 35.9. The van der Waals surface area contributed by atoms with E-state index in [4.69, 9.17) is 9.72 Å². The summed E-state index contributed by atoms with van der Waals surface area (Å²) < 4.78 is 5.65. The first-order valence-electron chi connectivity index (χ1n) is 15.3. The Kier molecular flexibility index (Phi) is 8.23. The van der Waals surface area contributed by atoms with Crippen molar-refractivity contribution >= 4 is 23.4 Å². The van der Waals surface area contributed by atoms with Crippen molar-refractivity contribution in [2.75, 3.05) is 36.5 Å². The molecule has 214 valence electrons. The largest absolute Gasteiger partial charge is 0.381 e. The second-order valence-corrected chi connectivity index (χ2v) is 12.1. The maximum Gasteiger partial charge on any atom is 0.317 e. The highest BCUT2D eigenvalue weighted by atomic mass is 16.5. The van der Waals surface area contributed by atoms with Gasteiger partial charge >= 0.3 is 6.03 Å². The predicted molar refractivity (Wildman–Crippen MR) is 157 cm³/mol. The number of para-hydroxylation sites is 1. The van der Waals surface area contributed by atoms with E-state index in [9.17, 15) is 9.59 Å². The minimum atomic E-state index is -0.265. The van der Waals surface area contributed by atoms with Crippen LogP contribution in [-0.4, -0.2) is 60.2 Å². The Bertz CT molecular complexity index is 1200. The quantitative estimate of drug-likeness (QED) is 0.528. The zero-order valence-corrected chi connectivity index (χ0v) is 23.7. The average Bonchev–Trinajstić information content (AvgIpc) is 2.99. The first kappa shape index (κ1) is 27.1. The zero-order valence-electron chi connectivity index (χ0n) is 23.7. The maximum atomic E-state index is 14.1. The topological polar surface area (TPSA) is 86.8 Å². The lowest BCUT2D eigenvalue weighted by atomic mass is 9.79. The molecule has 40 heavy (non-hydrogen) atoms. The van der Waals surface area contributed by atoms with Crippen LogP contribution in [0.5, 0.6) is 0 Å². The van der Waals surface area contributed by atoms with Gasteiger partial charge in [-0.3, -0.25) is 4.79 Å². The molecule has 1 aromatic carbocycles. The van der Waals surface area contributed by atoms with Crippen LogP contribution in [0.4, 0.5) is 16.3 Å². The summed E-state index contributed by atoms with van der Waals surface area (Å²) in [5, 5.41) is 6.90. The summed E-state index contributed by atoms with van der Waals surface area (Å²) in [5.41, 5.74) is 4.14. The van der Waals surface area contributed by atoms with Gasteiger partial charge in [-0.15, -0.1) is 0 Å².